The molecule has 0 bridgehead atoms. The van der Waals surface area contributed by atoms with Gasteiger partial charge in [0.25, 0.3) is 0 Å². The van der Waals surface area contributed by atoms with Gasteiger partial charge in [-0.1, -0.05) is 43.8 Å². The maximum Gasteiger partial charge on any atom is 0.222 e. The Hall–Kier alpha value is -4.04. The van der Waals surface area contributed by atoms with E-state index >= 15 is 0 Å². The second-order valence-corrected chi connectivity index (χ2v) is 10.3. The lowest BCUT2D eigenvalue weighted by Gasteiger charge is -2.35. The molecule has 0 N–H and O–H groups in total. The number of aromatic nitrogens is 5. The minimum atomic E-state index is 0. The number of amides is 1. The van der Waals surface area contributed by atoms with Gasteiger partial charge in [0.1, 0.15) is 0 Å². The Balaban J connectivity index is 0.00000308. The summed E-state index contributed by atoms with van der Waals surface area (Å²) in [4.78, 5) is 21.9. The van der Waals surface area contributed by atoms with Crippen LogP contribution in [-0.2, 0) is 17.8 Å². The van der Waals surface area contributed by atoms with E-state index in [2.05, 4.69) is 59.3 Å². The molecular formula is C31H37N7O. The van der Waals surface area contributed by atoms with Gasteiger partial charge in [-0.25, -0.2) is 14.2 Å². The van der Waals surface area contributed by atoms with Crippen molar-refractivity contribution in [2.75, 3.05) is 26.2 Å². The van der Waals surface area contributed by atoms with Gasteiger partial charge in [-0.2, -0.15) is 5.10 Å². The summed E-state index contributed by atoms with van der Waals surface area (Å²) in [6.45, 7) is 10.3. The van der Waals surface area contributed by atoms with Crippen LogP contribution in [0.2, 0.25) is 0 Å². The predicted molar refractivity (Wildman–Crippen MR) is 155 cm³/mol. The van der Waals surface area contributed by atoms with Gasteiger partial charge in [0.15, 0.2) is 11.5 Å². The second kappa shape index (κ2) is 11.0. The molecule has 39 heavy (non-hydrogen) atoms. The third kappa shape index (κ3) is 5.29. The van der Waals surface area contributed by atoms with Crippen molar-refractivity contribution in [2.45, 2.75) is 47.6 Å². The SMILES string of the molecule is C.Cc1nn(-c2ccc3ncc(C)n3n2)c(C)c1CCC(=O)N1CCN(Cc2ccc3ccccc3c2)CC1. The first-order chi connectivity index (χ1) is 18.5. The highest BCUT2D eigenvalue weighted by atomic mass is 16.2. The van der Waals surface area contributed by atoms with Gasteiger partial charge in [0.05, 0.1) is 17.6 Å². The molecule has 8 nitrogen and oxygen atoms in total. The number of imidazole rings is 1. The van der Waals surface area contributed by atoms with E-state index in [0.717, 1.165) is 66.8 Å². The molecule has 6 rings (SSSR count). The van der Waals surface area contributed by atoms with E-state index in [0.29, 0.717) is 12.8 Å². The van der Waals surface area contributed by atoms with Crippen LogP contribution < -0.4 is 0 Å². The van der Waals surface area contributed by atoms with E-state index in [1.165, 1.54) is 16.3 Å². The van der Waals surface area contributed by atoms with Crippen LogP contribution in [0.4, 0.5) is 0 Å². The van der Waals surface area contributed by atoms with E-state index in [9.17, 15) is 4.79 Å². The first kappa shape index (κ1) is 26.6. The number of nitrogens with zero attached hydrogens (tertiary/aromatic N) is 7. The zero-order valence-electron chi connectivity index (χ0n) is 22.3. The molecule has 1 saturated heterocycles. The van der Waals surface area contributed by atoms with Gasteiger partial charge in [-0.05, 0) is 67.3 Å². The number of fused-ring (bicyclic) bond motifs is 2. The summed E-state index contributed by atoms with van der Waals surface area (Å²) in [6.07, 6.45) is 2.99. The number of hydrogen-bond acceptors (Lipinski definition) is 5. The molecule has 202 valence electrons. The minimum Gasteiger partial charge on any atom is -0.340 e. The van der Waals surface area contributed by atoms with Gasteiger partial charge in [-0.3, -0.25) is 9.69 Å². The summed E-state index contributed by atoms with van der Waals surface area (Å²) in [5.74, 6) is 0.967. The number of hydrogen-bond donors (Lipinski definition) is 0. The fourth-order valence-electron chi connectivity index (χ4n) is 5.49. The maximum atomic E-state index is 13.1. The lowest BCUT2D eigenvalue weighted by molar-refractivity contribution is -0.133. The highest BCUT2D eigenvalue weighted by molar-refractivity contribution is 5.83. The number of benzene rings is 2. The number of carbonyl (C=O) groups is 1. The predicted octanol–water partition coefficient (Wildman–Crippen LogP) is 4.91. The van der Waals surface area contributed by atoms with Gasteiger partial charge >= 0.3 is 0 Å². The Labute approximate surface area is 229 Å². The first-order valence-electron chi connectivity index (χ1n) is 13.3. The summed E-state index contributed by atoms with van der Waals surface area (Å²) < 4.78 is 3.70. The topological polar surface area (TPSA) is 71.6 Å². The molecule has 1 amide bonds. The van der Waals surface area contributed by atoms with E-state index in [1.54, 1.807) is 0 Å². The fraction of sp³-hybridized carbons (Fsp3) is 0.355. The molecule has 0 radical (unpaired) electrons. The Morgan fingerprint density at radius 1 is 0.897 bits per heavy atom. The van der Waals surface area contributed by atoms with Crippen molar-refractivity contribution in [1.82, 2.24) is 34.2 Å². The Kier molecular flexibility index (Phi) is 7.48. The lowest BCUT2D eigenvalue weighted by Crippen LogP contribution is -2.48. The molecule has 1 aliphatic rings. The van der Waals surface area contributed by atoms with E-state index in [1.807, 2.05) is 46.3 Å². The Morgan fingerprint density at radius 2 is 1.67 bits per heavy atom. The summed E-state index contributed by atoms with van der Waals surface area (Å²) in [6, 6.07) is 19.1. The van der Waals surface area contributed by atoms with Gasteiger partial charge in [0, 0.05) is 44.8 Å². The van der Waals surface area contributed by atoms with Gasteiger partial charge in [0.2, 0.25) is 5.91 Å². The van der Waals surface area contributed by atoms with E-state index in [-0.39, 0.29) is 13.3 Å². The average Bonchev–Trinajstić information content (AvgIpc) is 3.45. The van der Waals surface area contributed by atoms with E-state index < -0.39 is 0 Å². The molecule has 5 aromatic rings. The van der Waals surface area contributed by atoms with Crippen molar-refractivity contribution in [3.05, 3.63) is 89.0 Å². The summed E-state index contributed by atoms with van der Waals surface area (Å²) in [7, 11) is 0. The molecule has 0 spiro atoms. The fourth-order valence-corrected chi connectivity index (χ4v) is 5.49. The average molecular weight is 524 g/mol. The molecule has 0 atom stereocenters. The van der Waals surface area contributed by atoms with E-state index in [4.69, 9.17) is 10.2 Å². The standard InChI is InChI=1S/C30H33N7O.CH4/c1-21-19-31-28-11-12-29(33-36(21)28)37-23(3)27(22(2)32-37)10-13-30(38)35-16-14-34(15-17-35)20-24-8-9-25-6-4-5-7-26(25)18-24;/h4-9,11-12,18-19H,10,13-17,20H2,1-3H3;1H4. The zero-order chi connectivity index (χ0) is 26.2. The molecule has 1 fully saturated rings. The van der Waals surface area contributed by atoms with Crippen molar-refractivity contribution in [2.24, 2.45) is 0 Å². The van der Waals surface area contributed by atoms with Crippen LogP contribution in [0.3, 0.4) is 0 Å². The largest absolute Gasteiger partial charge is 0.340 e. The Morgan fingerprint density at radius 3 is 2.46 bits per heavy atom. The summed E-state index contributed by atoms with van der Waals surface area (Å²) >= 11 is 0. The molecule has 0 aliphatic carbocycles. The molecule has 8 heteroatoms. The normalized spacial score (nSPS) is 14.2. The van der Waals surface area contributed by atoms with Crippen molar-refractivity contribution in [3.8, 4) is 5.82 Å². The van der Waals surface area contributed by atoms with Crippen LogP contribution in [-0.4, -0.2) is 66.3 Å². The van der Waals surface area contributed by atoms with Gasteiger partial charge < -0.3 is 4.90 Å². The van der Waals surface area contributed by atoms with Crippen molar-refractivity contribution >= 4 is 22.3 Å². The highest BCUT2D eigenvalue weighted by Gasteiger charge is 2.22. The maximum absolute atomic E-state index is 13.1. The van der Waals surface area contributed by atoms with Gasteiger partial charge in [-0.15, -0.1) is 5.10 Å². The number of aryl methyl sites for hydroxylation is 2. The van der Waals surface area contributed by atoms with Crippen LogP contribution in [0, 0.1) is 20.8 Å². The Bertz CT molecular complexity index is 1630. The third-order valence-corrected chi connectivity index (χ3v) is 7.71. The zero-order valence-corrected chi connectivity index (χ0v) is 22.3. The quantitative estimate of drug-likeness (QED) is 0.316. The second-order valence-electron chi connectivity index (χ2n) is 10.3. The summed E-state index contributed by atoms with van der Waals surface area (Å²) in [5.41, 5.74) is 6.21. The minimum absolute atomic E-state index is 0. The van der Waals surface area contributed by atoms with Crippen LogP contribution in [0.25, 0.3) is 22.2 Å². The summed E-state index contributed by atoms with van der Waals surface area (Å²) in [5, 5.41) is 12.0. The first-order valence-corrected chi connectivity index (χ1v) is 13.3. The van der Waals surface area contributed by atoms with Crippen molar-refractivity contribution < 1.29 is 4.79 Å². The lowest BCUT2D eigenvalue weighted by atomic mass is 10.1. The van der Waals surface area contributed by atoms with Crippen LogP contribution in [0.5, 0.6) is 0 Å². The highest BCUT2D eigenvalue weighted by Crippen LogP contribution is 2.21. The third-order valence-electron chi connectivity index (χ3n) is 7.71. The van der Waals surface area contributed by atoms with Crippen LogP contribution >= 0.6 is 0 Å². The smallest absolute Gasteiger partial charge is 0.222 e. The van der Waals surface area contributed by atoms with Crippen molar-refractivity contribution in [1.29, 1.82) is 0 Å². The molecule has 4 heterocycles. The monoisotopic (exact) mass is 523 g/mol. The molecule has 0 unspecified atom stereocenters. The van der Waals surface area contributed by atoms with Crippen LogP contribution in [0.15, 0.2) is 60.8 Å². The van der Waals surface area contributed by atoms with Crippen molar-refractivity contribution in [3.63, 3.8) is 0 Å². The molecular weight excluding hydrogens is 486 g/mol. The number of rotatable bonds is 6. The van der Waals surface area contributed by atoms with Crippen LogP contribution in [0.1, 0.15) is 42.1 Å². The molecule has 2 aromatic carbocycles. The number of carbonyl (C=O) groups excluding carboxylic acids is 1. The molecule has 3 aromatic heterocycles. The molecule has 1 aliphatic heterocycles. The molecule has 0 saturated carbocycles. The number of piperazine rings is 1.